The van der Waals surface area contributed by atoms with Crippen molar-refractivity contribution in [3.8, 4) is 0 Å². The second-order valence-electron chi connectivity index (χ2n) is 6.28. The molecule has 2 aromatic rings. The van der Waals surface area contributed by atoms with Crippen molar-refractivity contribution in [2.45, 2.75) is 30.8 Å². The predicted octanol–water partition coefficient (Wildman–Crippen LogP) is 1.54. The van der Waals surface area contributed by atoms with Gasteiger partial charge in [0.05, 0.1) is 6.33 Å². The lowest BCUT2D eigenvalue weighted by molar-refractivity contribution is 0.249. The zero-order valence-electron chi connectivity index (χ0n) is 14.0. The lowest BCUT2D eigenvalue weighted by atomic mass is 10.00. The van der Waals surface area contributed by atoms with Crippen LogP contribution in [0.2, 0.25) is 0 Å². The number of hydrogen-bond donors (Lipinski definition) is 1. The van der Waals surface area contributed by atoms with E-state index in [4.69, 9.17) is 0 Å². The molecule has 0 saturated carbocycles. The van der Waals surface area contributed by atoms with Crippen molar-refractivity contribution in [1.82, 2.24) is 19.2 Å². The normalized spacial score (nSPS) is 15.4. The largest absolute Gasteiger partial charge is 0.339 e. The van der Waals surface area contributed by atoms with E-state index in [2.05, 4.69) is 38.9 Å². The first kappa shape index (κ1) is 17.1. The maximum absolute atomic E-state index is 12.1. The molecule has 6 nitrogen and oxygen atoms in total. The maximum atomic E-state index is 12.1. The fourth-order valence-electron chi connectivity index (χ4n) is 3.01. The van der Waals surface area contributed by atoms with E-state index in [1.165, 1.54) is 23.7 Å². The first-order chi connectivity index (χ1) is 11.5. The summed E-state index contributed by atoms with van der Waals surface area (Å²) in [5.41, 5.74) is 2.87. The SMILES string of the molecule is Cn1cnc(S(=O)(=O)NCCCCN2CCc3ccccc3C2)c1. The highest BCUT2D eigenvalue weighted by molar-refractivity contribution is 7.89. The van der Waals surface area contributed by atoms with Crippen molar-refractivity contribution < 1.29 is 8.42 Å². The number of fused-ring (bicyclic) bond motifs is 1. The van der Waals surface area contributed by atoms with E-state index in [0.717, 1.165) is 38.9 Å². The van der Waals surface area contributed by atoms with Crippen LogP contribution in [0.25, 0.3) is 0 Å². The van der Waals surface area contributed by atoms with Crippen molar-refractivity contribution in [3.05, 3.63) is 47.9 Å². The lowest BCUT2D eigenvalue weighted by Crippen LogP contribution is -2.32. The molecule has 3 rings (SSSR count). The van der Waals surface area contributed by atoms with Crippen molar-refractivity contribution in [1.29, 1.82) is 0 Å². The second kappa shape index (κ2) is 7.46. The standard InChI is InChI=1S/C17H24N4O2S/c1-20-13-17(18-14-20)24(22,23)19-9-4-5-10-21-11-8-15-6-2-3-7-16(15)12-21/h2-3,6-7,13-14,19H,4-5,8-12H2,1H3. The molecule has 130 valence electrons. The van der Waals surface area contributed by atoms with Crippen LogP contribution in [0.4, 0.5) is 0 Å². The summed E-state index contributed by atoms with van der Waals surface area (Å²) >= 11 is 0. The smallest absolute Gasteiger partial charge is 0.259 e. The van der Waals surface area contributed by atoms with Gasteiger partial charge in [-0.2, -0.15) is 0 Å². The van der Waals surface area contributed by atoms with Gasteiger partial charge in [-0.25, -0.2) is 18.1 Å². The van der Waals surface area contributed by atoms with Gasteiger partial charge in [-0.3, -0.25) is 4.90 Å². The number of unbranched alkanes of at least 4 members (excludes halogenated alkanes) is 1. The topological polar surface area (TPSA) is 67.2 Å². The number of nitrogens with one attached hydrogen (secondary N) is 1. The molecule has 1 aliphatic heterocycles. The van der Waals surface area contributed by atoms with Crippen LogP contribution in [-0.4, -0.2) is 42.5 Å². The van der Waals surface area contributed by atoms with Gasteiger partial charge in [-0.1, -0.05) is 24.3 Å². The third-order valence-electron chi connectivity index (χ3n) is 4.36. The summed E-state index contributed by atoms with van der Waals surface area (Å²) in [6, 6.07) is 8.60. The second-order valence-corrected chi connectivity index (χ2v) is 7.99. The molecule has 0 spiro atoms. The van der Waals surface area contributed by atoms with E-state index in [0.29, 0.717) is 6.54 Å². The Hall–Kier alpha value is -1.70. The van der Waals surface area contributed by atoms with Crippen LogP contribution in [-0.2, 0) is 30.0 Å². The van der Waals surface area contributed by atoms with Crippen LogP contribution in [0, 0.1) is 0 Å². The van der Waals surface area contributed by atoms with Crippen LogP contribution < -0.4 is 4.72 Å². The molecule has 0 bridgehead atoms. The number of aromatic nitrogens is 2. The highest BCUT2D eigenvalue weighted by Gasteiger charge is 2.17. The summed E-state index contributed by atoms with van der Waals surface area (Å²) in [5.74, 6) is 0. The van der Waals surface area contributed by atoms with Crippen LogP contribution >= 0.6 is 0 Å². The van der Waals surface area contributed by atoms with Gasteiger partial charge in [0.15, 0.2) is 5.03 Å². The van der Waals surface area contributed by atoms with Crippen LogP contribution in [0.15, 0.2) is 41.8 Å². The first-order valence-electron chi connectivity index (χ1n) is 8.31. The minimum absolute atomic E-state index is 0.0811. The molecule has 0 atom stereocenters. The molecular weight excluding hydrogens is 324 g/mol. The molecule has 2 heterocycles. The average Bonchev–Trinajstić information content (AvgIpc) is 3.02. The molecule has 1 aliphatic rings. The minimum Gasteiger partial charge on any atom is -0.339 e. The highest BCUT2D eigenvalue weighted by atomic mass is 32.2. The molecule has 0 unspecified atom stereocenters. The van der Waals surface area contributed by atoms with Crippen molar-refractivity contribution in [3.63, 3.8) is 0 Å². The number of benzene rings is 1. The number of nitrogens with zero attached hydrogens (tertiary/aromatic N) is 3. The van der Waals surface area contributed by atoms with Gasteiger partial charge in [0.25, 0.3) is 10.0 Å². The van der Waals surface area contributed by atoms with E-state index >= 15 is 0 Å². The molecule has 1 aromatic heterocycles. The summed E-state index contributed by atoms with van der Waals surface area (Å²) < 4.78 is 28.3. The zero-order chi connectivity index (χ0) is 17.0. The predicted molar refractivity (Wildman–Crippen MR) is 93.1 cm³/mol. The van der Waals surface area contributed by atoms with E-state index in [9.17, 15) is 8.42 Å². The summed E-state index contributed by atoms with van der Waals surface area (Å²) in [7, 11) is -1.73. The molecular formula is C17H24N4O2S. The van der Waals surface area contributed by atoms with Gasteiger partial charge in [-0.05, 0) is 36.9 Å². The molecule has 0 fully saturated rings. The zero-order valence-corrected chi connectivity index (χ0v) is 14.8. The van der Waals surface area contributed by atoms with Gasteiger partial charge in [0.2, 0.25) is 0 Å². The monoisotopic (exact) mass is 348 g/mol. The molecule has 1 N–H and O–H groups in total. The number of sulfonamides is 1. The molecule has 24 heavy (non-hydrogen) atoms. The fraction of sp³-hybridized carbons (Fsp3) is 0.471. The van der Waals surface area contributed by atoms with E-state index in [1.807, 2.05) is 0 Å². The molecule has 0 aliphatic carbocycles. The summed E-state index contributed by atoms with van der Waals surface area (Å²) in [6.45, 7) is 3.52. The van der Waals surface area contributed by atoms with Crippen LogP contribution in [0.1, 0.15) is 24.0 Å². The van der Waals surface area contributed by atoms with Gasteiger partial charge in [0, 0.05) is 32.9 Å². The molecule has 0 radical (unpaired) electrons. The first-order valence-corrected chi connectivity index (χ1v) is 9.80. The molecule has 0 amide bonds. The highest BCUT2D eigenvalue weighted by Crippen LogP contribution is 2.18. The fourth-order valence-corrected chi connectivity index (χ4v) is 4.07. The van der Waals surface area contributed by atoms with Crippen LogP contribution in [0.5, 0.6) is 0 Å². The van der Waals surface area contributed by atoms with E-state index in [1.54, 1.807) is 11.6 Å². The number of aryl methyl sites for hydroxylation is 1. The van der Waals surface area contributed by atoms with Crippen molar-refractivity contribution in [2.24, 2.45) is 7.05 Å². The van der Waals surface area contributed by atoms with Crippen molar-refractivity contribution in [2.75, 3.05) is 19.6 Å². The Balaban J connectivity index is 1.39. The number of imidazole rings is 1. The Morgan fingerprint density at radius 2 is 2.00 bits per heavy atom. The summed E-state index contributed by atoms with van der Waals surface area (Å²) in [5, 5.41) is 0.0811. The summed E-state index contributed by atoms with van der Waals surface area (Å²) in [6.07, 6.45) is 5.90. The third-order valence-corrected chi connectivity index (χ3v) is 5.71. The number of rotatable bonds is 7. The number of hydrogen-bond acceptors (Lipinski definition) is 4. The molecule has 7 heteroatoms. The van der Waals surface area contributed by atoms with Gasteiger partial charge >= 0.3 is 0 Å². The van der Waals surface area contributed by atoms with Crippen LogP contribution in [0.3, 0.4) is 0 Å². The van der Waals surface area contributed by atoms with Gasteiger partial charge in [-0.15, -0.1) is 0 Å². The lowest BCUT2D eigenvalue weighted by Gasteiger charge is -2.28. The molecule has 0 saturated heterocycles. The van der Waals surface area contributed by atoms with E-state index < -0.39 is 10.0 Å². The van der Waals surface area contributed by atoms with E-state index in [-0.39, 0.29) is 5.03 Å². The Morgan fingerprint density at radius 3 is 2.75 bits per heavy atom. The molecule has 1 aromatic carbocycles. The Labute approximate surface area is 143 Å². The minimum atomic E-state index is -3.48. The van der Waals surface area contributed by atoms with Gasteiger partial charge < -0.3 is 4.57 Å². The Morgan fingerprint density at radius 1 is 1.21 bits per heavy atom. The summed E-state index contributed by atoms with van der Waals surface area (Å²) in [4.78, 5) is 6.33. The average molecular weight is 348 g/mol. The Bertz CT molecular complexity index is 785. The maximum Gasteiger partial charge on any atom is 0.259 e. The van der Waals surface area contributed by atoms with Crippen molar-refractivity contribution >= 4 is 10.0 Å². The third kappa shape index (κ3) is 4.23. The van der Waals surface area contributed by atoms with Gasteiger partial charge in [0.1, 0.15) is 0 Å². The quantitative estimate of drug-likeness (QED) is 0.771. The Kier molecular flexibility index (Phi) is 5.33.